The molecule has 4 rings (SSSR count). The number of hydrogen-bond acceptors (Lipinski definition) is 5. The Bertz CT molecular complexity index is 894. The number of carbonyl (C=O) groups excluding carboxylic acids is 2. The van der Waals surface area contributed by atoms with Crippen LogP contribution in [0.25, 0.3) is 0 Å². The van der Waals surface area contributed by atoms with Crippen LogP contribution in [0.2, 0.25) is 5.02 Å². The van der Waals surface area contributed by atoms with E-state index in [1.54, 1.807) is 47.4 Å². The van der Waals surface area contributed by atoms with E-state index >= 15 is 0 Å². The zero-order valence-corrected chi connectivity index (χ0v) is 16.5. The van der Waals surface area contributed by atoms with Gasteiger partial charge in [0.1, 0.15) is 5.75 Å². The van der Waals surface area contributed by atoms with Crippen molar-refractivity contribution in [3.63, 3.8) is 0 Å². The number of piperidine rings is 1. The van der Waals surface area contributed by atoms with Crippen molar-refractivity contribution in [2.24, 2.45) is 0 Å². The molecule has 0 atom stereocenters. The summed E-state index contributed by atoms with van der Waals surface area (Å²) in [5, 5.41) is 3.58. The highest BCUT2D eigenvalue weighted by atomic mass is 35.5. The lowest BCUT2D eigenvalue weighted by Gasteiger charge is -2.32. The molecule has 29 heavy (non-hydrogen) atoms. The smallest absolute Gasteiger partial charge is 0.258 e. The van der Waals surface area contributed by atoms with Crippen molar-refractivity contribution in [1.29, 1.82) is 0 Å². The number of likely N-dealkylation sites (tertiary alicyclic amines) is 1. The number of halogens is 1. The molecule has 8 heteroatoms. The Hall–Kier alpha value is -2.93. The second-order valence-electron chi connectivity index (χ2n) is 6.94. The molecule has 1 fully saturated rings. The summed E-state index contributed by atoms with van der Waals surface area (Å²) in [6.07, 6.45) is 1.39. The number of benzene rings is 2. The van der Waals surface area contributed by atoms with Crippen molar-refractivity contribution in [3.05, 3.63) is 53.1 Å². The molecule has 2 aromatic carbocycles. The van der Waals surface area contributed by atoms with Gasteiger partial charge in [0.05, 0.1) is 0 Å². The molecule has 7 nitrogen and oxygen atoms in total. The first kappa shape index (κ1) is 19.4. The molecule has 0 unspecified atom stereocenters. The van der Waals surface area contributed by atoms with Gasteiger partial charge >= 0.3 is 0 Å². The Morgan fingerprint density at radius 2 is 1.79 bits per heavy atom. The van der Waals surface area contributed by atoms with E-state index < -0.39 is 0 Å². The maximum atomic E-state index is 12.7. The van der Waals surface area contributed by atoms with Crippen LogP contribution in [0.3, 0.4) is 0 Å². The number of amides is 2. The third kappa shape index (κ3) is 4.74. The fourth-order valence-electron chi connectivity index (χ4n) is 3.39. The van der Waals surface area contributed by atoms with E-state index in [-0.39, 0.29) is 31.3 Å². The number of nitrogens with one attached hydrogen (secondary N) is 1. The predicted molar refractivity (Wildman–Crippen MR) is 107 cm³/mol. The molecule has 2 aromatic rings. The molecule has 1 N–H and O–H groups in total. The van der Waals surface area contributed by atoms with Crippen molar-refractivity contribution in [1.82, 2.24) is 10.2 Å². The summed E-state index contributed by atoms with van der Waals surface area (Å²) in [5.41, 5.74) is 0.577. The van der Waals surface area contributed by atoms with Gasteiger partial charge in [-0.05, 0) is 55.3 Å². The molecule has 0 aromatic heterocycles. The Kier molecular flexibility index (Phi) is 5.76. The van der Waals surface area contributed by atoms with Crippen LogP contribution in [0, 0.1) is 0 Å². The molecule has 2 amide bonds. The van der Waals surface area contributed by atoms with E-state index in [9.17, 15) is 9.59 Å². The summed E-state index contributed by atoms with van der Waals surface area (Å²) in [5.74, 6) is 1.62. The highest BCUT2D eigenvalue weighted by Crippen LogP contribution is 2.33. The van der Waals surface area contributed by atoms with Gasteiger partial charge < -0.3 is 24.4 Å². The van der Waals surface area contributed by atoms with Crippen molar-refractivity contribution in [2.75, 3.05) is 26.5 Å². The number of fused-ring (bicyclic) bond motifs is 1. The lowest BCUT2D eigenvalue weighted by molar-refractivity contribution is -0.124. The second kappa shape index (κ2) is 8.61. The van der Waals surface area contributed by atoms with Crippen LogP contribution in [-0.4, -0.2) is 49.2 Å². The minimum atomic E-state index is -0.180. The molecule has 152 valence electrons. The second-order valence-corrected chi connectivity index (χ2v) is 7.38. The maximum absolute atomic E-state index is 12.7. The normalized spacial score (nSPS) is 15.8. The summed E-state index contributed by atoms with van der Waals surface area (Å²) in [4.78, 5) is 26.6. The first-order valence-electron chi connectivity index (χ1n) is 9.45. The fourth-order valence-corrected chi connectivity index (χ4v) is 3.51. The van der Waals surface area contributed by atoms with Gasteiger partial charge in [0.15, 0.2) is 18.1 Å². The van der Waals surface area contributed by atoms with Gasteiger partial charge in [0.25, 0.3) is 11.8 Å². The van der Waals surface area contributed by atoms with Gasteiger partial charge in [-0.25, -0.2) is 0 Å². The summed E-state index contributed by atoms with van der Waals surface area (Å²) >= 11 is 5.83. The molecule has 2 heterocycles. The Labute approximate surface area is 173 Å². The van der Waals surface area contributed by atoms with E-state index in [1.165, 1.54) is 0 Å². The predicted octanol–water partition coefficient (Wildman–Crippen LogP) is 2.87. The molecular weight excluding hydrogens is 396 g/mol. The monoisotopic (exact) mass is 416 g/mol. The largest absolute Gasteiger partial charge is 0.484 e. The molecule has 0 saturated carbocycles. The Balaban J connectivity index is 1.23. The van der Waals surface area contributed by atoms with Crippen LogP contribution >= 0.6 is 11.6 Å². The van der Waals surface area contributed by atoms with Crippen LogP contribution in [0.15, 0.2) is 42.5 Å². The summed E-state index contributed by atoms with van der Waals surface area (Å²) in [6, 6.07) is 12.1. The van der Waals surface area contributed by atoms with Gasteiger partial charge in [-0.15, -0.1) is 0 Å². The molecule has 0 aliphatic carbocycles. The lowest BCUT2D eigenvalue weighted by atomic mass is 10.0. The quantitative estimate of drug-likeness (QED) is 0.811. The van der Waals surface area contributed by atoms with Gasteiger partial charge in [0, 0.05) is 29.7 Å². The zero-order valence-electron chi connectivity index (χ0n) is 15.7. The first-order valence-corrected chi connectivity index (χ1v) is 9.83. The number of carbonyl (C=O) groups is 2. The van der Waals surface area contributed by atoms with E-state index in [0.29, 0.717) is 53.8 Å². The molecule has 0 radical (unpaired) electrons. The minimum absolute atomic E-state index is 0.0251. The van der Waals surface area contributed by atoms with E-state index in [4.69, 9.17) is 25.8 Å². The highest BCUT2D eigenvalue weighted by Gasteiger charge is 2.26. The average molecular weight is 417 g/mol. The van der Waals surface area contributed by atoms with Gasteiger partial charge in [0.2, 0.25) is 6.79 Å². The lowest BCUT2D eigenvalue weighted by Crippen LogP contribution is -2.47. The SMILES string of the molecule is O=C(COc1ccc(Cl)cc1)NC1CCN(C(=O)c2ccc3c(c2)OCO3)CC1. The highest BCUT2D eigenvalue weighted by molar-refractivity contribution is 6.30. The van der Waals surface area contributed by atoms with Gasteiger partial charge in [-0.1, -0.05) is 11.6 Å². The molecular formula is C21H21ClN2O5. The summed E-state index contributed by atoms with van der Waals surface area (Å²) in [7, 11) is 0. The zero-order chi connectivity index (χ0) is 20.2. The van der Waals surface area contributed by atoms with Gasteiger partial charge in [-0.3, -0.25) is 9.59 Å². The van der Waals surface area contributed by atoms with E-state index in [2.05, 4.69) is 5.32 Å². The van der Waals surface area contributed by atoms with E-state index in [0.717, 1.165) is 0 Å². The van der Waals surface area contributed by atoms with Crippen LogP contribution in [0.5, 0.6) is 17.2 Å². The molecule has 2 aliphatic heterocycles. The topological polar surface area (TPSA) is 77.1 Å². The number of ether oxygens (including phenoxy) is 3. The first-order chi connectivity index (χ1) is 14.1. The molecule has 0 spiro atoms. The minimum Gasteiger partial charge on any atom is -0.484 e. The van der Waals surface area contributed by atoms with Crippen LogP contribution in [-0.2, 0) is 4.79 Å². The molecule has 2 aliphatic rings. The Morgan fingerprint density at radius 1 is 1.07 bits per heavy atom. The fraction of sp³-hybridized carbons (Fsp3) is 0.333. The van der Waals surface area contributed by atoms with Crippen molar-refractivity contribution in [2.45, 2.75) is 18.9 Å². The Morgan fingerprint density at radius 3 is 2.55 bits per heavy atom. The molecule has 1 saturated heterocycles. The van der Waals surface area contributed by atoms with Crippen molar-refractivity contribution < 1.29 is 23.8 Å². The third-order valence-corrected chi connectivity index (χ3v) is 5.20. The van der Waals surface area contributed by atoms with Crippen LogP contribution in [0.4, 0.5) is 0 Å². The number of hydrogen-bond donors (Lipinski definition) is 1. The number of nitrogens with zero attached hydrogens (tertiary/aromatic N) is 1. The average Bonchev–Trinajstić information content (AvgIpc) is 3.21. The molecule has 0 bridgehead atoms. The maximum Gasteiger partial charge on any atom is 0.258 e. The van der Waals surface area contributed by atoms with E-state index in [1.807, 2.05) is 0 Å². The third-order valence-electron chi connectivity index (χ3n) is 4.95. The summed E-state index contributed by atoms with van der Waals surface area (Å²) in [6.45, 7) is 1.28. The van der Waals surface area contributed by atoms with Crippen molar-refractivity contribution >= 4 is 23.4 Å². The number of rotatable bonds is 5. The van der Waals surface area contributed by atoms with Crippen molar-refractivity contribution in [3.8, 4) is 17.2 Å². The van der Waals surface area contributed by atoms with Gasteiger partial charge in [-0.2, -0.15) is 0 Å². The standard InChI is InChI=1S/C21H21ClN2O5/c22-15-2-4-17(5-3-15)27-12-20(25)23-16-7-9-24(10-8-16)21(26)14-1-6-18-19(11-14)29-13-28-18/h1-6,11,16H,7-10,12-13H2,(H,23,25). The van der Waals surface area contributed by atoms with Crippen LogP contribution in [0.1, 0.15) is 23.2 Å². The van der Waals surface area contributed by atoms with Crippen LogP contribution < -0.4 is 19.5 Å². The summed E-state index contributed by atoms with van der Waals surface area (Å²) < 4.78 is 16.1.